The summed E-state index contributed by atoms with van der Waals surface area (Å²) in [6.45, 7) is 4.56. The van der Waals surface area contributed by atoms with Gasteiger partial charge in [-0.2, -0.15) is 5.10 Å². The van der Waals surface area contributed by atoms with E-state index in [9.17, 15) is 0 Å². The topological polar surface area (TPSA) is 65.5 Å². The Kier molecular flexibility index (Phi) is 5.24. The average Bonchev–Trinajstić information content (AvgIpc) is 2.87. The second kappa shape index (κ2) is 6.77. The van der Waals surface area contributed by atoms with E-state index in [4.69, 9.17) is 15.2 Å². The summed E-state index contributed by atoms with van der Waals surface area (Å²) in [4.78, 5) is 2.13. The van der Waals surface area contributed by atoms with E-state index in [1.807, 2.05) is 18.8 Å². The number of methoxy groups -OCH3 is 1. The van der Waals surface area contributed by atoms with Crippen molar-refractivity contribution >= 4 is 0 Å². The van der Waals surface area contributed by atoms with Crippen LogP contribution in [0.1, 0.15) is 37.9 Å². The number of rotatable bonds is 6. The third-order valence-electron chi connectivity index (χ3n) is 4.28. The lowest BCUT2D eigenvalue weighted by molar-refractivity contribution is -0.0838. The van der Waals surface area contributed by atoms with Crippen LogP contribution in [0.15, 0.2) is 6.20 Å². The minimum Gasteiger partial charge on any atom is -0.493 e. The van der Waals surface area contributed by atoms with E-state index in [2.05, 4.69) is 16.9 Å². The first-order valence-corrected chi connectivity index (χ1v) is 7.62. The number of ether oxygens (including phenoxy) is 2. The smallest absolute Gasteiger partial charge is 0.161 e. The minimum absolute atomic E-state index is 0.239. The Morgan fingerprint density at radius 1 is 1.52 bits per heavy atom. The molecular formula is C15H28N4O2. The van der Waals surface area contributed by atoms with Gasteiger partial charge in [0.2, 0.25) is 0 Å². The molecule has 2 atom stereocenters. The number of aromatic nitrogens is 2. The Balaban J connectivity index is 2.25. The van der Waals surface area contributed by atoms with E-state index in [1.54, 1.807) is 13.3 Å². The summed E-state index contributed by atoms with van der Waals surface area (Å²) in [5.74, 6) is 0.747. The second-order valence-electron chi connectivity index (χ2n) is 6.22. The molecule has 6 heteroatoms. The van der Waals surface area contributed by atoms with Gasteiger partial charge >= 0.3 is 0 Å². The Labute approximate surface area is 127 Å². The van der Waals surface area contributed by atoms with Gasteiger partial charge in [0.15, 0.2) is 5.75 Å². The van der Waals surface area contributed by atoms with Crippen LogP contribution in [0.4, 0.5) is 0 Å². The van der Waals surface area contributed by atoms with Crippen LogP contribution in [0, 0.1) is 0 Å². The van der Waals surface area contributed by atoms with Gasteiger partial charge in [0.1, 0.15) is 5.69 Å². The molecule has 0 bridgehead atoms. The van der Waals surface area contributed by atoms with Crippen molar-refractivity contribution in [1.29, 1.82) is 0 Å². The lowest BCUT2D eigenvalue weighted by atomic mass is 9.86. The molecule has 1 aromatic rings. The molecule has 0 saturated carbocycles. The molecule has 1 aliphatic rings. The number of likely N-dealkylation sites (N-methyl/N-ethyl adjacent to an activating group) is 1. The summed E-state index contributed by atoms with van der Waals surface area (Å²) in [6, 6.07) is -0.239. The highest BCUT2D eigenvalue weighted by atomic mass is 16.5. The van der Waals surface area contributed by atoms with Gasteiger partial charge in [-0.25, -0.2) is 0 Å². The lowest BCUT2D eigenvalue weighted by Crippen LogP contribution is -2.44. The lowest BCUT2D eigenvalue weighted by Gasteiger charge is -2.39. The van der Waals surface area contributed by atoms with Gasteiger partial charge in [0.25, 0.3) is 0 Å². The molecule has 6 nitrogen and oxygen atoms in total. The van der Waals surface area contributed by atoms with Gasteiger partial charge in [-0.15, -0.1) is 0 Å². The highest BCUT2D eigenvalue weighted by Gasteiger charge is 2.39. The van der Waals surface area contributed by atoms with Crippen molar-refractivity contribution in [3.63, 3.8) is 0 Å². The van der Waals surface area contributed by atoms with Crippen LogP contribution in [-0.2, 0) is 11.3 Å². The summed E-state index contributed by atoms with van der Waals surface area (Å²) < 4.78 is 13.4. The van der Waals surface area contributed by atoms with Crippen molar-refractivity contribution in [1.82, 2.24) is 14.7 Å². The van der Waals surface area contributed by atoms with Crippen molar-refractivity contribution in [2.24, 2.45) is 5.73 Å². The van der Waals surface area contributed by atoms with Crippen LogP contribution in [0.3, 0.4) is 0 Å². The third kappa shape index (κ3) is 3.56. The Morgan fingerprint density at radius 3 is 2.86 bits per heavy atom. The zero-order valence-electron chi connectivity index (χ0n) is 13.6. The highest BCUT2D eigenvalue weighted by molar-refractivity contribution is 5.30. The molecule has 2 unspecified atom stereocenters. The predicted octanol–water partition coefficient (Wildman–Crippen LogP) is 1.41. The van der Waals surface area contributed by atoms with Crippen LogP contribution in [0.2, 0.25) is 0 Å². The molecule has 0 aromatic carbocycles. The standard InChI is InChI=1S/C15H28N4O2/c1-15(7-5-6-10-21-15)14(16)13-12(20-4)11-17-19(13)9-8-18(2)3/h11,14H,5-10,16H2,1-4H3. The summed E-state index contributed by atoms with van der Waals surface area (Å²) >= 11 is 0. The molecule has 0 amide bonds. The number of hydrogen-bond donors (Lipinski definition) is 1. The maximum absolute atomic E-state index is 6.55. The van der Waals surface area contributed by atoms with Crippen LogP contribution in [-0.4, -0.2) is 54.6 Å². The first kappa shape index (κ1) is 16.3. The predicted molar refractivity (Wildman–Crippen MR) is 82.5 cm³/mol. The fourth-order valence-corrected chi connectivity index (χ4v) is 2.81. The molecule has 2 N–H and O–H groups in total. The molecule has 2 heterocycles. The highest BCUT2D eigenvalue weighted by Crippen LogP contribution is 2.38. The van der Waals surface area contributed by atoms with Crippen LogP contribution in [0.5, 0.6) is 5.75 Å². The maximum atomic E-state index is 6.55. The Bertz CT molecular complexity index is 453. The number of nitrogens with two attached hydrogens (primary N) is 1. The normalized spacial score (nSPS) is 24.3. The van der Waals surface area contributed by atoms with Crippen LogP contribution in [0.25, 0.3) is 0 Å². The van der Waals surface area contributed by atoms with E-state index in [1.165, 1.54) is 0 Å². The molecule has 2 rings (SSSR count). The van der Waals surface area contributed by atoms with Crippen molar-refractivity contribution < 1.29 is 9.47 Å². The van der Waals surface area contributed by atoms with Gasteiger partial charge in [0.05, 0.1) is 31.5 Å². The van der Waals surface area contributed by atoms with E-state index in [0.717, 1.165) is 50.4 Å². The van der Waals surface area contributed by atoms with Crippen molar-refractivity contribution in [2.45, 2.75) is 44.4 Å². The Hall–Kier alpha value is -1.11. The zero-order chi connectivity index (χ0) is 15.5. The fourth-order valence-electron chi connectivity index (χ4n) is 2.81. The molecule has 0 radical (unpaired) electrons. The monoisotopic (exact) mass is 296 g/mol. The molecule has 0 aliphatic carbocycles. The van der Waals surface area contributed by atoms with Crippen LogP contribution >= 0.6 is 0 Å². The van der Waals surface area contributed by atoms with E-state index in [0.29, 0.717) is 0 Å². The third-order valence-corrected chi connectivity index (χ3v) is 4.28. The number of hydrogen-bond acceptors (Lipinski definition) is 5. The molecule has 1 fully saturated rings. The molecular weight excluding hydrogens is 268 g/mol. The quantitative estimate of drug-likeness (QED) is 0.860. The second-order valence-corrected chi connectivity index (χ2v) is 6.22. The van der Waals surface area contributed by atoms with Crippen LogP contribution < -0.4 is 10.5 Å². The van der Waals surface area contributed by atoms with Gasteiger partial charge in [0, 0.05) is 13.2 Å². The summed E-state index contributed by atoms with van der Waals surface area (Å²) in [7, 11) is 5.76. The van der Waals surface area contributed by atoms with E-state index >= 15 is 0 Å². The van der Waals surface area contributed by atoms with Crippen molar-refractivity contribution in [2.75, 3.05) is 34.4 Å². The fraction of sp³-hybridized carbons (Fsp3) is 0.800. The molecule has 120 valence electrons. The van der Waals surface area contributed by atoms with Crippen molar-refractivity contribution in [3.8, 4) is 5.75 Å². The molecule has 0 spiro atoms. The molecule has 1 aromatic heterocycles. The van der Waals surface area contributed by atoms with E-state index in [-0.39, 0.29) is 11.6 Å². The first-order chi connectivity index (χ1) is 9.98. The minimum atomic E-state index is -0.346. The van der Waals surface area contributed by atoms with Gasteiger partial charge < -0.3 is 20.1 Å². The van der Waals surface area contributed by atoms with Gasteiger partial charge in [-0.1, -0.05) is 0 Å². The van der Waals surface area contributed by atoms with Crippen molar-refractivity contribution in [3.05, 3.63) is 11.9 Å². The molecule has 21 heavy (non-hydrogen) atoms. The summed E-state index contributed by atoms with van der Waals surface area (Å²) in [5.41, 5.74) is 7.14. The van der Waals surface area contributed by atoms with Gasteiger partial charge in [-0.3, -0.25) is 4.68 Å². The number of nitrogens with zero attached hydrogens (tertiary/aromatic N) is 3. The SMILES string of the molecule is COc1cnn(CCN(C)C)c1C(N)C1(C)CCCCO1. The molecule has 1 aliphatic heterocycles. The molecule has 1 saturated heterocycles. The summed E-state index contributed by atoms with van der Waals surface area (Å²) in [6.07, 6.45) is 4.98. The average molecular weight is 296 g/mol. The first-order valence-electron chi connectivity index (χ1n) is 7.62. The van der Waals surface area contributed by atoms with Gasteiger partial charge in [-0.05, 0) is 40.3 Å². The maximum Gasteiger partial charge on any atom is 0.161 e. The summed E-state index contributed by atoms with van der Waals surface area (Å²) in [5, 5.41) is 4.44. The largest absolute Gasteiger partial charge is 0.493 e. The van der Waals surface area contributed by atoms with E-state index < -0.39 is 0 Å². The Morgan fingerprint density at radius 2 is 2.29 bits per heavy atom. The zero-order valence-corrected chi connectivity index (χ0v) is 13.6.